The van der Waals surface area contributed by atoms with E-state index in [9.17, 15) is 4.39 Å². The van der Waals surface area contributed by atoms with Crippen molar-refractivity contribution in [3.05, 3.63) is 64.4 Å². The van der Waals surface area contributed by atoms with Gasteiger partial charge in [0.05, 0.1) is 0 Å². The highest BCUT2D eigenvalue weighted by atomic mass is 79.9. The molecule has 2 aromatic rings. The van der Waals surface area contributed by atoms with Gasteiger partial charge in [-0.25, -0.2) is 4.39 Å². The Bertz CT molecular complexity index is 519. The molecule has 2 rings (SSSR count). The van der Waals surface area contributed by atoms with Crippen molar-refractivity contribution in [2.75, 3.05) is 13.2 Å². The minimum atomic E-state index is -0.233. The molecular weight excluding hydrogens is 309 g/mol. The quantitative estimate of drug-likeness (QED) is 0.817. The van der Waals surface area contributed by atoms with Crippen LogP contribution in [-0.4, -0.2) is 13.2 Å². The summed E-state index contributed by atoms with van der Waals surface area (Å²) in [6, 6.07) is 14.4. The third-order valence-corrected chi connectivity index (χ3v) is 3.36. The maximum Gasteiger partial charge on any atom is 0.124 e. The summed E-state index contributed by atoms with van der Waals surface area (Å²) in [7, 11) is 0. The maximum absolute atomic E-state index is 12.9. The van der Waals surface area contributed by atoms with E-state index < -0.39 is 0 Å². The zero-order chi connectivity index (χ0) is 13.5. The van der Waals surface area contributed by atoms with Crippen LogP contribution in [0.4, 0.5) is 4.39 Å². The highest BCUT2D eigenvalue weighted by Crippen LogP contribution is 2.17. The van der Waals surface area contributed by atoms with Gasteiger partial charge < -0.3 is 10.1 Å². The lowest BCUT2D eigenvalue weighted by Gasteiger charge is -2.08. The zero-order valence-corrected chi connectivity index (χ0v) is 12.0. The molecule has 0 saturated carbocycles. The summed E-state index contributed by atoms with van der Waals surface area (Å²) in [5.41, 5.74) is 1.03. The Morgan fingerprint density at radius 3 is 2.63 bits per heavy atom. The molecule has 0 saturated heterocycles. The minimum absolute atomic E-state index is 0.233. The van der Waals surface area contributed by atoms with Crippen molar-refractivity contribution in [3.8, 4) is 5.75 Å². The predicted octanol–water partition coefficient (Wildman–Crippen LogP) is 3.76. The molecule has 100 valence electrons. The average molecular weight is 324 g/mol. The van der Waals surface area contributed by atoms with E-state index >= 15 is 0 Å². The van der Waals surface area contributed by atoms with Crippen molar-refractivity contribution in [3.63, 3.8) is 0 Å². The fourth-order valence-corrected chi connectivity index (χ4v) is 2.14. The Hall–Kier alpha value is -1.39. The van der Waals surface area contributed by atoms with E-state index in [-0.39, 0.29) is 5.82 Å². The summed E-state index contributed by atoms with van der Waals surface area (Å²) in [5.74, 6) is 0.635. The van der Waals surface area contributed by atoms with Gasteiger partial charge in [-0.15, -0.1) is 0 Å². The van der Waals surface area contributed by atoms with Gasteiger partial charge in [0.25, 0.3) is 0 Å². The second kappa shape index (κ2) is 7.26. The van der Waals surface area contributed by atoms with Crippen LogP contribution >= 0.6 is 15.9 Å². The third kappa shape index (κ3) is 4.65. The molecule has 0 aromatic heterocycles. The van der Waals surface area contributed by atoms with Crippen molar-refractivity contribution in [2.24, 2.45) is 0 Å². The van der Waals surface area contributed by atoms with E-state index in [2.05, 4.69) is 21.2 Å². The van der Waals surface area contributed by atoms with Gasteiger partial charge in [0.15, 0.2) is 0 Å². The average Bonchev–Trinajstić information content (AvgIpc) is 2.42. The Kier molecular flexibility index (Phi) is 5.36. The number of nitrogens with one attached hydrogen (secondary N) is 1. The van der Waals surface area contributed by atoms with Crippen molar-refractivity contribution < 1.29 is 9.13 Å². The van der Waals surface area contributed by atoms with E-state index in [0.29, 0.717) is 13.2 Å². The highest BCUT2D eigenvalue weighted by molar-refractivity contribution is 9.10. The standard InChI is InChI=1S/C15H15BrFNO/c16-15-10-13(17)7-6-12(15)11-18-8-9-19-14-4-2-1-3-5-14/h1-7,10,18H,8-9,11H2. The smallest absolute Gasteiger partial charge is 0.124 e. The number of halogens is 2. The van der Waals surface area contributed by atoms with Crippen LogP contribution in [0, 0.1) is 5.82 Å². The van der Waals surface area contributed by atoms with Crippen LogP contribution in [0.2, 0.25) is 0 Å². The molecule has 2 aromatic carbocycles. The number of hydrogen-bond acceptors (Lipinski definition) is 2. The van der Waals surface area contributed by atoms with Gasteiger partial charge >= 0.3 is 0 Å². The van der Waals surface area contributed by atoms with Crippen LogP contribution in [0.1, 0.15) is 5.56 Å². The Labute approximate surface area is 120 Å². The van der Waals surface area contributed by atoms with Crippen LogP contribution in [0.15, 0.2) is 53.0 Å². The summed E-state index contributed by atoms with van der Waals surface area (Å²) < 4.78 is 19.2. The second-order valence-corrected chi connectivity index (χ2v) is 4.93. The van der Waals surface area contributed by atoms with Gasteiger partial charge in [-0.2, -0.15) is 0 Å². The first-order valence-corrected chi connectivity index (χ1v) is 6.87. The lowest BCUT2D eigenvalue weighted by Crippen LogP contribution is -2.20. The van der Waals surface area contributed by atoms with Gasteiger partial charge in [0, 0.05) is 17.6 Å². The van der Waals surface area contributed by atoms with Crippen molar-refractivity contribution >= 4 is 15.9 Å². The van der Waals surface area contributed by atoms with Crippen LogP contribution in [0.5, 0.6) is 5.75 Å². The molecular formula is C15H15BrFNO. The normalized spacial score (nSPS) is 10.4. The molecule has 0 atom stereocenters. The molecule has 0 aliphatic rings. The minimum Gasteiger partial charge on any atom is -0.492 e. The van der Waals surface area contributed by atoms with Crippen LogP contribution in [0.25, 0.3) is 0 Å². The molecule has 0 aliphatic carbocycles. The van der Waals surface area contributed by atoms with E-state index in [4.69, 9.17) is 4.74 Å². The SMILES string of the molecule is Fc1ccc(CNCCOc2ccccc2)c(Br)c1. The van der Waals surface area contributed by atoms with E-state index in [1.807, 2.05) is 30.3 Å². The number of hydrogen-bond donors (Lipinski definition) is 1. The molecule has 0 unspecified atom stereocenters. The Balaban J connectivity index is 1.69. The van der Waals surface area contributed by atoms with E-state index in [0.717, 1.165) is 22.3 Å². The summed E-state index contributed by atoms with van der Waals surface area (Å²) in [5, 5.41) is 3.25. The molecule has 0 radical (unpaired) electrons. The lowest BCUT2D eigenvalue weighted by molar-refractivity contribution is 0.313. The topological polar surface area (TPSA) is 21.3 Å². The predicted molar refractivity (Wildman–Crippen MR) is 77.7 cm³/mol. The summed E-state index contributed by atoms with van der Waals surface area (Å²) in [4.78, 5) is 0. The van der Waals surface area contributed by atoms with E-state index in [1.54, 1.807) is 6.07 Å². The fraction of sp³-hybridized carbons (Fsp3) is 0.200. The lowest BCUT2D eigenvalue weighted by atomic mass is 10.2. The highest BCUT2D eigenvalue weighted by Gasteiger charge is 2.00. The number of ether oxygens (including phenoxy) is 1. The summed E-state index contributed by atoms with van der Waals surface area (Å²) >= 11 is 3.34. The molecule has 4 heteroatoms. The third-order valence-electron chi connectivity index (χ3n) is 2.62. The molecule has 19 heavy (non-hydrogen) atoms. The number of rotatable bonds is 6. The maximum atomic E-state index is 12.9. The first kappa shape index (κ1) is 14.0. The molecule has 0 heterocycles. The molecule has 0 aliphatic heterocycles. The summed E-state index contributed by atoms with van der Waals surface area (Å²) in [6.45, 7) is 2.01. The van der Waals surface area contributed by atoms with Crippen LogP contribution in [-0.2, 0) is 6.54 Å². The monoisotopic (exact) mass is 323 g/mol. The molecule has 1 N–H and O–H groups in total. The number of benzene rings is 2. The van der Waals surface area contributed by atoms with Crippen molar-refractivity contribution in [1.82, 2.24) is 5.32 Å². The molecule has 0 amide bonds. The van der Waals surface area contributed by atoms with Gasteiger partial charge in [-0.3, -0.25) is 0 Å². The molecule has 0 fully saturated rings. The van der Waals surface area contributed by atoms with Crippen molar-refractivity contribution in [1.29, 1.82) is 0 Å². The first-order chi connectivity index (χ1) is 9.25. The van der Waals surface area contributed by atoms with Gasteiger partial charge in [-0.05, 0) is 29.8 Å². The largest absolute Gasteiger partial charge is 0.492 e. The second-order valence-electron chi connectivity index (χ2n) is 4.07. The van der Waals surface area contributed by atoms with Gasteiger partial charge in [0.1, 0.15) is 18.2 Å². The van der Waals surface area contributed by atoms with Crippen molar-refractivity contribution in [2.45, 2.75) is 6.54 Å². The Morgan fingerprint density at radius 2 is 1.89 bits per heavy atom. The van der Waals surface area contributed by atoms with Crippen LogP contribution in [0.3, 0.4) is 0 Å². The summed E-state index contributed by atoms with van der Waals surface area (Å²) in [6.07, 6.45) is 0. The van der Waals surface area contributed by atoms with Crippen LogP contribution < -0.4 is 10.1 Å². The number of para-hydroxylation sites is 1. The molecule has 0 bridgehead atoms. The Morgan fingerprint density at radius 1 is 1.11 bits per heavy atom. The molecule has 0 spiro atoms. The first-order valence-electron chi connectivity index (χ1n) is 6.08. The van der Waals surface area contributed by atoms with E-state index in [1.165, 1.54) is 12.1 Å². The zero-order valence-electron chi connectivity index (χ0n) is 10.4. The van der Waals surface area contributed by atoms with Gasteiger partial charge in [0.2, 0.25) is 0 Å². The van der Waals surface area contributed by atoms with Gasteiger partial charge in [-0.1, -0.05) is 40.2 Å². The molecule has 2 nitrogen and oxygen atoms in total. The fourth-order valence-electron chi connectivity index (χ4n) is 1.65.